The topological polar surface area (TPSA) is 29.3 Å². The van der Waals surface area contributed by atoms with Crippen LogP contribution in [0.5, 0.6) is 0 Å². The van der Waals surface area contributed by atoms with E-state index in [4.69, 9.17) is 16.3 Å². The molecule has 70 valence electrons. The SMILES string of the molecule is [2H]C([2H])([2H])n1ccs/c1=N\C(=S)NCC=C. The van der Waals surface area contributed by atoms with Crippen molar-refractivity contribution >= 4 is 28.7 Å². The first-order valence-electron chi connectivity index (χ1n) is 5.05. The summed E-state index contributed by atoms with van der Waals surface area (Å²) in [7, 11) is 0. The fourth-order valence-electron chi connectivity index (χ4n) is 0.639. The van der Waals surface area contributed by atoms with Gasteiger partial charge in [-0.2, -0.15) is 4.99 Å². The van der Waals surface area contributed by atoms with E-state index in [0.29, 0.717) is 11.3 Å². The van der Waals surface area contributed by atoms with Gasteiger partial charge in [0.15, 0.2) is 9.91 Å². The van der Waals surface area contributed by atoms with Crippen LogP contribution >= 0.6 is 23.6 Å². The summed E-state index contributed by atoms with van der Waals surface area (Å²) in [5, 5.41) is 4.71. The third kappa shape index (κ3) is 3.12. The third-order valence-electron chi connectivity index (χ3n) is 1.18. The molecule has 0 bridgehead atoms. The van der Waals surface area contributed by atoms with Crippen LogP contribution in [-0.2, 0) is 6.98 Å². The Labute approximate surface area is 90.7 Å². The van der Waals surface area contributed by atoms with E-state index in [2.05, 4.69) is 16.9 Å². The molecule has 1 rings (SSSR count). The summed E-state index contributed by atoms with van der Waals surface area (Å²) in [4.78, 5) is 4.37. The molecule has 0 saturated heterocycles. The monoisotopic (exact) mass is 216 g/mol. The van der Waals surface area contributed by atoms with Gasteiger partial charge in [0, 0.05) is 29.2 Å². The molecule has 0 saturated carbocycles. The standard InChI is InChI=1S/C8H11N3S2/c1-3-4-9-7(12)10-8-11(2)5-6-13-8/h3,5-6H,1,4H2,2H3,(H,9,12)/b10-8-/i2D3. The molecule has 13 heavy (non-hydrogen) atoms. The van der Waals surface area contributed by atoms with Crippen LogP contribution in [0.4, 0.5) is 0 Å². The maximum Gasteiger partial charge on any atom is 0.195 e. The van der Waals surface area contributed by atoms with Gasteiger partial charge in [0.1, 0.15) is 0 Å². The van der Waals surface area contributed by atoms with Crippen molar-refractivity contribution in [3.05, 3.63) is 29.0 Å². The molecule has 1 aromatic heterocycles. The highest BCUT2D eigenvalue weighted by molar-refractivity contribution is 7.80. The Morgan fingerprint density at radius 2 is 2.92 bits per heavy atom. The number of aromatic nitrogens is 1. The highest BCUT2D eigenvalue weighted by atomic mass is 32.1. The molecule has 0 fully saturated rings. The molecule has 0 amide bonds. The van der Waals surface area contributed by atoms with E-state index in [9.17, 15) is 0 Å². The van der Waals surface area contributed by atoms with Gasteiger partial charge in [0.2, 0.25) is 0 Å². The lowest BCUT2D eigenvalue weighted by molar-refractivity contribution is 0.873. The van der Waals surface area contributed by atoms with Crippen molar-refractivity contribution in [2.45, 2.75) is 0 Å². The molecule has 0 atom stereocenters. The van der Waals surface area contributed by atoms with Crippen molar-refractivity contribution in [3.63, 3.8) is 0 Å². The van der Waals surface area contributed by atoms with Crippen LogP contribution in [0, 0.1) is 0 Å². The number of thiocarbonyl (C=S) groups is 1. The number of nitrogens with zero attached hydrogens (tertiary/aromatic N) is 2. The van der Waals surface area contributed by atoms with Gasteiger partial charge in [-0.25, -0.2) is 0 Å². The molecule has 1 heterocycles. The summed E-state index contributed by atoms with van der Waals surface area (Å²) in [6.45, 7) is 1.80. The van der Waals surface area contributed by atoms with Gasteiger partial charge < -0.3 is 9.88 Å². The average molecular weight is 216 g/mol. The van der Waals surface area contributed by atoms with Crippen molar-refractivity contribution < 1.29 is 4.11 Å². The van der Waals surface area contributed by atoms with Crippen molar-refractivity contribution in [1.29, 1.82) is 0 Å². The predicted octanol–water partition coefficient (Wildman–Crippen LogP) is 1.05. The molecule has 5 heteroatoms. The van der Waals surface area contributed by atoms with Crippen molar-refractivity contribution in [2.24, 2.45) is 12.0 Å². The van der Waals surface area contributed by atoms with Crippen LogP contribution in [0.1, 0.15) is 4.11 Å². The lowest BCUT2D eigenvalue weighted by Gasteiger charge is -1.97. The van der Waals surface area contributed by atoms with Crippen molar-refractivity contribution in [3.8, 4) is 0 Å². The number of hydrogen-bond acceptors (Lipinski definition) is 2. The molecule has 0 aliphatic rings. The number of aryl methyl sites for hydroxylation is 1. The van der Waals surface area contributed by atoms with Crippen LogP contribution in [0.25, 0.3) is 0 Å². The molecule has 0 radical (unpaired) electrons. The fraction of sp³-hybridized carbons (Fsp3) is 0.250. The van der Waals surface area contributed by atoms with Gasteiger partial charge in [0.25, 0.3) is 0 Å². The van der Waals surface area contributed by atoms with E-state index in [1.54, 1.807) is 11.5 Å². The van der Waals surface area contributed by atoms with Gasteiger partial charge in [-0.05, 0) is 12.2 Å². The Morgan fingerprint density at radius 3 is 3.62 bits per heavy atom. The Balaban J connectivity index is 2.96. The molecule has 0 aromatic carbocycles. The minimum Gasteiger partial charge on any atom is -0.357 e. The maximum atomic E-state index is 7.28. The molecular weight excluding hydrogens is 202 g/mol. The zero-order valence-corrected chi connectivity index (χ0v) is 8.49. The molecule has 1 N–H and O–H groups in total. The summed E-state index contributed by atoms with van der Waals surface area (Å²) in [6, 6.07) is 0. The Kier molecular flexibility index (Phi) is 2.47. The zero-order chi connectivity index (χ0) is 12.2. The van der Waals surface area contributed by atoms with Gasteiger partial charge in [-0.3, -0.25) is 0 Å². The highest BCUT2D eigenvalue weighted by Gasteiger charge is 1.91. The van der Waals surface area contributed by atoms with E-state index in [1.165, 1.54) is 17.5 Å². The fourth-order valence-corrected chi connectivity index (χ4v) is 1.49. The first-order chi connectivity index (χ1) is 7.45. The van der Waals surface area contributed by atoms with E-state index >= 15 is 0 Å². The lowest BCUT2D eigenvalue weighted by atomic mass is 10.6. The number of hydrogen-bond donors (Lipinski definition) is 1. The summed E-state index contributed by atoms with van der Waals surface area (Å²) in [6.07, 6.45) is 3.11. The van der Waals surface area contributed by atoms with Crippen molar-refractivity contribution in [2.75, 3.05) is 6.54 Å². The van der Waals surface area contributed by atoms with E-state index in [-0.39, 0.29) is 5.11 Å². The Hall–Kier alpha value is -0.940. The summed E-state index contributed by atoms with van der Waals surface area (Å²) >= 11 is 6.16. The highest BCUT2D eigenvalue weighted by Crippen LogP contribution is 1.86. The molecule has 0 unspecified atom stereocenters. The molecular formula is C8H11N3S2. The quantitative estimate of drug-likeness (QED) is 0.591. The van der Waals surface area contributed by atoms with Gasteiger partial charge in [0.05, 0.1) is 0 Å². The predicted molar refractivity (Wildman–Crippen MR) is 59.7 cm³/mol. The van der Waals surface area contributed by atoms with Crippen LogP contribution in [0.2, 0.25) is 0 Å². The summed E-state index contributed by atoms with van der Waals surface area (Å²) in [5.41, 5.74) is 0. The van der Waals surface area contributed by atoms with Crippen LogP contribution in [0.3, 0.4) is 0 Å². The number of nitrogens with one attached hydrogen (secondary N) is 1. The first kappa shape index (κ1) is 6.50. The smallest absolute Gasteiger partial charge is 0.195 e. The van der Waals surface area contributed by atoms with Crippen LogP contribution in [0.15, 0.2) is 29.2 Å². The minimum atomic E-state index is -2.23. The number of rotatable bonds is 2. The van der Waals surface area contributed by atoms with Crippen LogP contribution < -0.4 is 10.1 Å². The molecule has 0 spiro atoms. The van der Waals surface area contributed by atoms with Gasteiger partial charge >= 0.3 is 0 Å². The molecule has 1 aromatic rings. The maximum absolute atomic E-state index is 7.28. The second-order valence-electron chi connectivity index (χ2n) is 2.14. The van der Waals surface area contributed by atoms with Crippen molar-refractivity contribution in [1.82, 2.24) is 9.88 Å². The summed E-state index contributed by atoms with van der Waals surface area (Å²) in [5.74, 6) is 0. The molecule has 0 aliphatic heterocycles. The minimum absolute atomic E-state index is 0.250. The van der Waals surface area contributed by atoms with Gasteiger partial charge in [-0.15, -0.1) is 17.9 Å². The Morgan fingerprint density at radius 1 is 2.08 bits per heavy atom. The van der Waals surface area contributed by atoms with E-state index in [1.807, 2.05) is 0 Å². The lowest BCUT2D eigenvalue weighted by Crippen LogP contribution is -2.23. The molecule has 0 aliphatic carbocycles. The Bertz CT molecular complexity index is 444. The third-order valence-corrected chi connectivity index (χ3v) is 2.18. The average Bonchev–Trinajstić information content (AvgIpc) is 2.62. The zero-order valence-electron chi connectivity index (χ0n) is 9.86. The summed E-state index contributed by atoms with van der Waals surface area (Å²) < 4.78 is 22.9. The second kappa shape index (κ2) is 4.94. The first-order valence-corrected chi connectivity index (χ1v) is 4.84. The largest absolute Gasteiger partial charge is 0.357 e. The molecule has 3 nitrogen and oxygen atoms in total. The number of thiazole rings is 1. The second-order valence-corrected chi connectivity index (χ2v) is 3.40. The van der Waals surface area contributed by atoms with E-state index in [0.717, 1.165) is 4.57 Å². The van der Waals surface area contributed by atoms with Gasteiger partial charge in [-0.1, -0.05) is 6.08 Å². The normalized spacial score (nSPS) is 15.7. The van der Waals surface area contributed by atoms with E-state index < -0.39 is 6.98 Å². The van der Waals surface area contributed by atoms with Crippen LogP contribution in [-0.4, -0.2) is 16.2 Å².